The number of benzene rings is 2. The number of carbonyl (C=O) groups excluding carboxylic acids is 1. The minimum absolute atomic E-state index is 0.00112. The van der Waals surface area contributed by atoms with Crippen LogP contribution in [0.2, 0.25) is 0 Å². The fourth-order valence-corrected chi connectivity index (χ4v) is 3.88. The van der Waals surface area contributed by atoms with Crippen molar-refractivity contribution in [3.63, 3.8) is 0 Å². The largest absolute Gasteiger partial charge is 0.462 e. The molecule has 0 N–H and O–H groups in total. The van der Waals surface area contributed by atoms with Crippen molar-refractivity contribution < 1.29 is 9.53 Å². The SMILES string of the molecule is CCC(=O)OC1CCc2c(n(Cc3ccccc3)c3ccccc23)C1. The van der Waals surface area contributed by atoms with Crippen LogP contribution in [-0.4, -0.2) is 16.6 Å². The molecule has 0 radical (unpaired) electrons. The number of rotatable bonds is 4. The predicted octanol–water partition coefficient (Wildman–Crippen LogP) is 4.50. The molecule has 3 aromatic rings. The summed E-state index contributed by atoms with van der Waals surface area (Å²) in [4.78, 5) is 11.7. The Labute approximate surface area is 148 Å². The van der Waals surface area contributed by atoms with Gasteiger partial charge in [-0.2, -0.15) is 0 Å². The van der Waals surface area contributed by atoms with Crippen LogP contribution < -0.4 is 0 Å². The molecule has 0 bridgehead atoms. The highest BCUT2D eigenvalue weighted by molar-refractivity contribution is 5.86. The number of para-hydroxylation sites is 1. The third-order valence-corrected chi connectivity index (χ3v) is 5.10. The van der Waals surface area contributed by atoms with E-state index in [9.17, 15) is 4.79 Å². The highest BCUT2D eigenvalue weighted by Crippen LogP contribution is 2.33. The van der Waals surface area contributed by atoms with Gasteiger partial charge in [-0.05, 0) is 30.0 Å². The molecule has 3 heteroatoms. The summed E-state index contributed by atoms with van der Waals surface area (Å²) in [5.74, 6) is -0.0980. The first-order valence-electron chi connectivity index (χ1n) is 9.08. The number of ether oxygens (including phenoxy) is 1. The Morgan fingerprint density at radius 2 is 1.88 bits per heavy atom. The zero-order valence-corrected chi connectivity index (χ0v) is 14.6. The van der Waals surface area contributed by atoms with Crippen LogP contribution in [-0.2, 0) is 28.9 Å². The molecule has 1 aromatic heterocycles. The molecule has 0 saturated carbocycles. The lowest BCUT2D eigenvalue weighted by Gasteiger charge is -2.24. The first kappa shape index (κ1) is 15.9. The third kappa shape index (κ3) is 3.07. The minimum Gasteiger partial charge on any atom is -0.462 e. The van der Waals surface area contributed by atoms with E-state index in [1.807, 2.05) is 13.0 Å². The quantitative estimate of drug-likeness (QED) is 0.658. The van der Waals surface area contributed by atoms with Crippen molar-refractivity contribution >= 4 is 16.9 Å². The number of carbonyl (C=O) groups is 1. The van der Waals surface area contributed by atoms with Gasteiger partial charge in [-0.3, -0.25) is 4.79 Å². The molecule has 1 heterocycles. The van der Waals surface area contributed by atoms with Crippen LogP contribution in [0.15, 0.2) is 54.6 Å². The highest BCUT2D eigenvalue weighted by atomic mass is 16.5. The molecule has 1 atom stereocenters. The van der Waals surface area contributed by atoms with Gasteiger partial charge in [-0.15, -0.1) is 0 Å². The van der Waals surface area contributed by atoms with E-state index in [0.29, 0.717) is 6.42 Å². The molecule has 0 fully saturated rings. The van der Waals surface area contributed by atoms with E-state index in [0.717, 1.165) is 25.8 Å². The maximum absolute atomic E-state index is 11.7. The summed E-state index contributed by atoms with van der Waals surface area (Å²) in [6.45, 7) is 2.70. The Bertz CT molecular complexity index is 895. The number of hydrogen-bond acceptors (Lipinski definition) is 2. The molecule has 4 rings (SSSR count). The maximum Gasteiger partial charge on any atom is 0.305 e. The third-order valence-electron chi connectivity index (χ3n) is 5.10. The van der Waals surface area contributed by atoms with Crippen LogP contribution in [0.3, 0.4) is 0 Å². The molecule has 1 aliphatic carbocycles. The van der Waals surface area contributed by atoms with Crippen LogP contribution >= 0.6 is 0 Å². The van der Waals surface area contributed by atoms with Gasteiger partial charge >= 0.3 is 5.97 Å². The van der Waals surface area contributed by atoms with Crippen molar-refractivity contribution in [3.05, 3.63) is 71.4 Å². The Balaban J connectivity index is 1.74. The van der Waals surface area contributed by atoms with Crippen molar-refractivity contribution in [2.45, 2.75) is 45.3 Å². The summed E-state index contributed by atoms with van der Waals surface area (Å²) in [6, 6.07) is 19.2. The Hall–Kier alpha value is -2.55. The van der Waals surface area contributed by atoms with Gasteiger partial charge in [0.2, 0.25) is 0 Å². The molecule has 0 aliphatic heterocycles. The molecule has 3 nitrogen and oxygen atoms in total. The van der Waals surface area contributed by atoms with E-state index in [4.69, 9.17) is 4.74 Å². The molecule has 1 unspecified atom stereocenters. The number of aryl methyl sites for hydroxylation is 1. The van der Waals surface area contributed by atoms with Crippen molar-refractivity contribution in [1.82, 2.24) is 4.57 Å². The molecule has 0 amide bonds. The van der Waals surface area contributed by atoms with Gasteiger partial charge < -0.3 is 9.30 Å². The van der Waals surface area contributed by atoms with Gasteiger partial charge in [0.1, 0.15) is 6.10 Å². The normalized spacial score (nSPS) is 16.6. The van der Waals surface area contributed by atoms with Gasteiger partial charge in [-0.1, -0.05) is 55.5 Å². The second-order valence-electron chi connectivity index (χ2n) is 6.72. The van der Waals surface area contributed by atoms with E-state index in [1.54, 1.807) is 0 Å². The molecular weight excluding hydrogens is 310 g/mol. The second kappa shape index (κ2) is 6.75. The summed E-state index contributed by atoms with van der Waals surface area (Å²) < 4.78 is 8.05. The van der Waals surface area contributed by atoms with E-state index in [2.05, 4.69) is 53.1 Å². The molecule has 1 aliphatic rings. The van der Waals surface area contributed by atoms with Gasteiger partial charge in [-0.25, -0.2) is 0 Å². The Morgan fingerprint density at radius 3 is 2.68 bits per heavy atom. The summed E-state index contributed by atoms with van der Waals surface area (Å²) in [5, 5.41) is 1.34. The monoisotopic (exact) mass is 333 g/mol. The topological polar surface area (TPSA) is 31.2 Å². The average molecular weight is 333 g/mol. The molecule has 128 valence electrons. The molecule has 25 heavy (non-hydrogen) atoms. The lowest BCUT2D eigenvalue weighted by molar-refractivity contribution is -0.149. The fraction of sp³-hybridized carbons (Fsp3) is 0.318. The molecule has 0 spiro atoms. The lowest BCUT2D eigenvalue weighted by Crippen LogP contribution is -2.26. The van der Waals surface area contributed by atoms with Crippen LogP contribution in [0.1, 0.15) is 36.6 Å². The summed E-state index contributed by atoms with van der Waals surface area (Å²) in [7, 11) is 0. The van der Waals surface area contributed by atoms with E-state index in [1.165, 1.54) is 27.7 Å². The Morgan fingerprint density at radius 1 is 1.12 bits per heavy atom. The predicted molar refractivity (Wildman–Crippen MR) is 99.7 cm³/mol. The number of nitrogens with zero attached hydrogens (tertiary/aromatic N) is 1. The van der Waals surface area contributed by atoms with Crippen molar-refractivity contribution in [2.75, 3.05) is 0 Å². The minimum atomic E-state index is -0.0980. The smallest absolute Gasteiger partial charge is 0.305 e. The van der Waals surface area contributed by atoms with Crippen molar-refractivity contribution in [3.8, 4) is 0 Å². The van der Waals surface area contributed by atoms with Crippen molar-refractivity contribution in [1.29, 1.82) is 0 Å². The zero-order valence-electron chi connectivity index (χ0n) is 14.6. The zero-order chi connectivity index (χ0) is 17.2. The van der Waals surface area contributed by atoms with E-state index < -0.39 is 0 Å². The first-order valence-corrected chi connectivity index (χ1v) is 9.08. The number of hydrogen-bond donors (Lipinski definition) is 0. The molecule has 0 saturated heterocycles. The fourth-order valence-electron chi connectivity index (χ4n) is 3.88. The second-order valence-corrected chi connectivity index (χ2v) is 6.72. The Kier molecular flexibility index (Phi) is 4.31. The summed E-state index contributed by atoms with van der Waals surface area (Å²) in [6.07, 6.45) is 3.13. The van der Waals surface area contributed by atoms with E-state index >= 15 is 0 Å². The standard InChI is InChI=1S/C22H23NO2/c1-2-22(24)25-17-12-13-19-18-10-6-7-11-20(18)23(21(19)14-17)15-16-8-4-3-5-9-16/h3-11,17H,2,12-15H2,1H3. The van der Waals surface area contributed by atoms with Gasteiger partial charge in [0.05, 0.1) is 0 Å². The van der Waals surface area contributed by atoms with E-state index in [-0.39, 0.29) is 12.1 Å². The molecular formula is C22H23NO2. The first-order chi connectivity index (χ1) is 12.3. The maximum atomic E-state index is 11.7. The van der Waals surface area contributed by atoms with Crippen molar-refractivity contribution in [2.24, 2.45) is 0 Å². The van der Waals surface area contributed by atoms with Crippen LogP contribution in [0, 0.1) is 0 Å². The van der Waals surface area contributed by atoms with Gasteiger partial charge in [0.25, 0.3) is 0 Å². The van der Waals surface area contributed by atoms with Gasteiger partial charge in [0, 0.05) is 36.0 Å². The van der Waals surface area contributed by atoms with Crippen LogP contribution in [0.25, 0.3) is 10.9 Å². The summed E-state index contributed by atoms with van der Waals surface area (Å²) in [5.41, 5.74) is 5.32. The lowest BCUT2D eigenvalue weighted by atomic mass is 9.93. The number of esters is 1. The van der Waals surface area contributed by atoms with Gasteiger partial charge in [0.15, 0.2) is 0 Å². The summed E-state index contributed by atoms with van der Waals surface area (Å²) >= 11 is 0. The highest BCUT2D eigenvalue weighted by Gasteiger charge is 2.27. The molecule has 2 aromatic carbocycles. The van der Waals surface area contributed by atoms with Crippen LogP contribution in [0.4, 0.5) is 0 Å². The average Bonchev–Trinajstić information content (AvgIpc) is 2.96. The number of fused-ring (bicyclic) bond motifs is 3. The van der Waals surface area contributed by atoms with Crippen LogP contribution in [0.5, 0.6) is 0 Å². The number of aromatic nitrogens is 1.